The van der Waals surface area contributed by atoms with Crippen LogP contribution in [0.25, 0.3) is 0 Å². The summed E-state index contributed by atoms with van der Waals surface area (Å²) in [6.45, 7) is -0.0956. The van der Waals surface area contributed by atoms with Crippen LogP contribution in [0.15, 0.2) is 0 Å². The van der Waals surface area contributed by atoms with Gasteiger partial charge in [-0.15, -0.1) is 0 Å². The van der Waals surface area contributed by atoms with Crippen molar-refractivity contribution < 1.29 is 161 Å². The lowest BCUT2D eigenvalue weighted by Gasteiger charge is -2.52. The van der Waals surface area contributed by atoms with E-state index in [2.05, 4.69) is 0 Å². The second-order valence-electron chi connectivity index (χ2n) is 24.2. The fourth-order valence-corrected chi connectivity index (χ4v) is 14.6. The number of rotatable bonds is 27. The van der Waals surface area contributed by atoms with Crippen molar-refractivity contribution in [2.75, 3.05) is 188 Å². The van der Waals surface area contributed by atoms with Gasteiger partial charge in [-0.05, 0) is 0 Å². The maximum Gasteiger partial charge on any atom is 0.187 e. The van der Waals surface area contributed by atoms with Gasteiger partial charge in [0.05, 0.1) is 52.4 Å². The lowest BCUT2D eigenvalue weighted by Crippen LogP contribution is -2.69. The van der Waals surface area contributed by atoms with Crippen LogP contribution in [0.2, 0.25) is 0 Å². The van der Waals surface area contributed by atoms with Gasteiger partial charge in [-0.1, -0.05) is 0 Å². The number of ether oxygens (including phenoxy) is 34. The summed E-state index contributed by atoms with van der Waals surface area (Å²) < 4.78 is 219. The van der Waals surface area contributed by atoms with Crippen LogP contribution in [-0.2, 0) is 161 Å². The predicted molar refractivity (Wildman–Crippen MR) is 323 cm³/mol. The predicted octanol–water partition coefficient (Wildman–Crippen LogP) is -1.12. The standard InChI is InChI=1S/C62H110O34/c1-63-22-30-38-29(70-8)21-37(83-30)90-39-31(23-64-2)84-58(51(77-15)45(39)71-9)92-41-33(25-66-4)86-60(53(79-17)47(41)73-11)94-43-35(27-68-6)88-62(55(81-19)49(43)75-13)96-44-36(28-69-7)89-61(56(82-20)50(44)76-14)95-42-34(26-67-5)87-59(54(80-18)48(42)74-12)93-40-32(24-65-3)85-57(91-38)52(78-16)46(40)72-10/h29-62H,21-28H2,1-20H3/t29?,30?,31?,32?,33?,34?,35?,36?,37-,38-,39+,40+,41+,42+,43+,44+,45?,46?,47?,48?,49?,50?,51?,52?,53?,54?,55?,56?,57+,58+,59-,60-,61-,62+/m0/s1. The molecule has 0 aromatic carbocycles. The largest absolute Gasteiger partial charge is 0.382 e. The van der Waals surface area contributed by atoms with Gasteiger partial charge in [0, 0.05) is 149 Å². The summed E-state index contributed by atoms with van der Waals surface area (Å²) in [4.78, 5) is 0. The summed E-state index contributed by atoms with van der Waals surface area (Å²) in [5, 5.41) is 0. The molecule has 562 valence electrons. The van der Waals surface area contributed by atoms with E-state index in [0.717, 1.165) is 0 Å². The van der Waals surface area contributed by atoms with E-state index in [1.165, 1.54) is 128 Å². The van der Waals surface area contributed by atoms with E-state index < -0.39 is 209 Å². The zero-order chi connectivity index (χ0) is 69.3. The van der Waals surface area contributed by atoms with E-state index in [0.29, 0.717) is 0 Å². The molecule has 21 aliphatic rings. The first-order valence-corrected chi connectivity index (χ1v) is 32.2. The van der Waals surface area contributed by atoms with E-state index >= 15 is 0 Å². The zero-order valence-corrected chi connectivity index (χ0v) is 59.2. The molecule has 0 radical (unpaired) electrons. The second kappa shape index (κ2) is 39.5. The van der Waals surface area contributed by atoms with Crippen LogP contribution in [0.5, 0.6) is 0 Å². The topological polar surface area (TPSA) is 314 Å². The van der Waals surface area contributed by atoms with Gasteiger partial charge in [0.2, 0.25) is 0 Å². The molecule has 21 fully saturated rings. The molecular formula is C62H110O34. The third-order valence-corrected chi connectivity index (χ3v) is 19.0. The minimum absolute atomic E-state index is 0.00590. The molecule has 0 amide bonds. The monoisotopic (exact) mass is 1400 g/mol. The molecule has 0 aromatic rings. The third-order valence-electron chi connectivity index (χ3n) is 19.0. The van der Waals surface area contributed by atoms with Crippen LogP contribution in [0.4, 0.5) is 0 Å². The van der Waals surface area contributed by atoms with E-state index in [-0.39, 0.29) is 52.7 Å². The van der Waals surface area contributed by atoms with Gasteiger partial charge in [-0.3, -0.25) is 0 Å². The van der Waals surface area contributed by atoms with Crippen LogP contribution in [0, 0.1) is 0 Å². The van der Waals surface area contributed by atoms with Gasteiger partial charge in [0.25, 0.3) is 0 Å². The van der Waals surface area contributed by atoms with Gasteiger partial charge < -0.3 is 161 Å². The van der Waals surface area contributed by atoms with Gasteiger partial charge >= 0.3 is 0 Å². The zero-order valence-electron chi connectivity index (χ0n) is 59.2. The summed E-state index contributed by atoms with van der Waals surface area (Å²) in [7, 11) is 30.4. The Kier molecular flexibility index (Phi) is 33.1. The first-order chi connectivity index (χ1) is 46.7. The SMILES string of the molecule is COCC1O[C@@H]2CC(OC)[C@@H]1O[C@H]1OC(COC)[C@@H](O[C@@H]3OC(COC)[C@@H](O[C@@H]4OC(COC)[C@@H](O[C@H]5OC(COC)[C@@H](O[C@@H]6OC(COC)[C@@H](O[C@H]7OC(COC)[C@@H](O2)C(OC)C7OC)C(OC)C6OC)C(OC)C5OC)C(OC)C4OC)C(OC)C3OC)C(OC)C1OC. The smallest absolute Gasteiger partial charge is 0.187 e. The summed E-state index contributed by atoms with van der Waals surface area (Å²) in [6, 6.07) is 0. The maximum atomic E-state index is 7.03. The lowest BCUT2D eigenvalue weighted by molar-refractivity contribution is -0.402. The molecule has 21 heterocycles. The van der Waals surface area contributed by atoms with Crippen molar-refractivity contribution in [2.24, 2.45) is 0 Å². The highest BCUT2D eigenvalue weighted by Gasteiger charge is 2.61. The number of hydrogen-bond donors (Lipinski definition) is 0. The molecule has 34 atom stereocenters. The quantitative estimate of drug-likeness (QED) is 0.0940. The van der Waals surface area contributed by atoms with Crippen LogP contribution in [-0.4, -0.2) is 397 Å². The summed E-state index contributed by atoms with van der Waals surface area (Å²) in [5.74, 6) is 0. The molecule has 0 spiro atoms. The molecule has 21 aliphatic heterocycles. The Hall–Kier alpha value is -1.36. The summed E-state index contributed by atoms with van der Waals surface area (Å²) >= 11 is 0. The molecule has 96 heavy (non-hydrogen) atoms. The Balaban J connectivity index is 1.22. The third kappa shape index (κ3) is 17.7. The van der Waals surface area contributed by atoms with E-state index in [9.17, 15) is 0 Å². The highest BCUT2D eigenvalue weighted by atomic mass is 16.8. The summed E-state index contributed by atoms with van der Waals surface area (Å²) in [5.41, 5.74) is 0. The number of methoxy groups -OCH3 is 20. The Labute approximate surface area is 563 Å². The Morgan fingerprint density at radius 2 is 0.365 bits per heavy atom. The molecule has 0 saturated carbocycles. The Bertz CT molecular complexity index is 2150. The molecule has 21 rings (SSSR count). The minimum Gasteiger partial charge on any atom is -0.382 e. The molecule has 0 aliphatic carbocycles. The van der Waals surface area contributed by atoms with Gasteiger partial charge in [0.1, 0.15) is 159 Å². The highest BCUT2D eigenvalue weighted by molar-refractivity contribution is 5.03. The van der Waals surface area contributed by atoms with Crippen LogP contribution in [0.3, 0.4) is 0 Å². The van der Waals surface area contributed by atoms with Crippen molar-refractivity contribution >= 4 is 0 Å². The summed E-state index contributed by atoms with van der Waals surface area (Å²) in [6.07, 6.45) is -33.2. The highest BCUT2D eigenvalue weighted by Crippen LogP contribution is 2.43. The van der Waals surface area contributed by atoms with E-state index in [1.54, 1.807) is 14.2 Å². The Morgan fingerprint density at radius 1 is 0.188 bits per heavy atom. The molecule has 14 bridgehead atoms. The van der Waals surface area contributed by atoms with Crippen molar-refractivity contribution in [2.45, 2.75) is 215 Å². The second-order valence-corrected chi connectivity index (χ2v) is 24.2. The lowest BCUT2D eigenvalue weighted by atomic mass is 9.94. The molecule has 34 nitrogen and oxygen atoms in total. The van der Waals surface area contributed by atoms with Crippen molar-refractivity contribution in [3.05, 3.63) is 0 Å². The number of hydrogen-bond acceptors (Lipinski definition) is 34. The fourth-order valence-electron chi connectivity index (χ4n) is 14.6. The molecule has 0 N–H and O–H groups in total. The van der Waals surface area contributed by atoms with E-state index in [4.69, 9.17) is 161 Å². The maximum absolute atomic E-state index is 7.03. The first kappa shape index (κ1) is 80.3. The van der Waals surface area contributed by atoms with Crippen LogP contribution < -0.4 is 0 Å². The average Bonchev–Trinajstić information content (AvgIpc) is 0.770. The van der Waals surface area contributed by atoms with Gasteiger partial charge in [-0.2, -0.15) is 0 Å². The van der Waals surface area contributed by atoms with Crippen LogP contribution in [0.1, 0.15) is 6.42 Å². The normalized spacial score (nSPS) is 46.0. The first-order valence-electron chi connectivity index (χ1n) is 32.2. The molecule has 21 saturated heterocycles. The van der Waals surface area contributed by atoms with Crippen molar-refractivity contribution in [1.82, 2.24) is 0 Å². The fraction of sp³-hybridized carbons (Fsp3) is 1.00. The van der Waals surface area contributed by atoms with Crippen molar-refractivity contribution in [3.8, 4) is 0 Å². The van der Waals surface area contributed by atoms with Gasteiger partial charge in [0.15, 0.2) is 44.0 Å². The molecule has 0 aromatic heterocycles. The van der Waals surface area contributed by atoms with E-state index in [1.807, 2.05) is 0 Å². The van der Waals surface area contributed by atoms with Crippen LogP contribution >= 0.6 is 0 Å². The average molecular weight is 1400 g/mol. The van der Waals surface area contributed by atoms with Crippen molar-refractivity contribution in [1.29, 1.82) is 0 Å². The minimum atomic E-state index is -1.21. The molecule has 34 heteroatoms. The molecular weight excluding hydrogens is 1290 g/mol. The van der Waals surface area contributed by atoms with Gasteiger partial charge in [-0.25, -0.2) is 0 Å². The Morgan fingerprint density at radius 3 is 0.542 bits per heavy atom. The molecule has 20 unspecified atom stereocenters. The van der Waals surface area contributed by atoms with Crippen molar-refractivity contribution in [3.63, 3.8) is 0 Å².